The maximum atomic E-state index is 10.2. The van der Waals surface area contributed by atoms with Crippen molar-refractivity contribution >= 4 is 32.4 Å². The minimum atomic E-state index is 0.408. The monoisotopic (exact) mass is 179 g/mol. The van der Waals surface area contributed by atoms with Gasteiger partial charge < -0.3 is 5.73 Å². The Labute approximate surface area is 72.0 Å². The molecular formula is C7H5N3OS. The van der Waals surface area contributed by atoms with Crippen LogP contribution in [-0.2, 0) is 0 Å². The van der Waals surface area contributed by atoms with Crippen LogP contribution in [-0.4, -0.2) is 4.98 Å². The van der Waals surface area contributed by atoms with Crippen molar-refractivity contribution in [1.29, 1.82) is 0 Å². The highest BCUT2D eigenvalue weighted by atomic mass is 32.1. The lowest BCUT2D eigenvalue weighted by Crippen LogP contribution is -1.78. The standard InChI is InChI=1S/C7H5N3OS/c8-7-9-5-2-1-4(10-11)3-6(5)12-7/h1-3H,(H2,8,9). The summed E-state index contributed by atoms with van der Waals surface area (Å²) in [6.07, 6.45) is 0. The molecule has 2 N–H and O–H groups in total. The Morgan fingerprint density at radius 3 is 3.08 bits per heavy atom. The summed E-state index contributed by atoms with van der Waals surface area (Å²) >= 11 is 1.35. The zero-order chi connectivity index (χ0) is 8.55. The van der Waals surface area contributed by atoms with E-state index in [4.69, 9.17) is 5.73 Å². The van der Waals surface area contributed by atoms with Crippen molar-refractivity contribution in [2.45, 2.75) is 0 Å². The van der Waals surface area contributed by atoms with Crippen molar-refractivity contribution < 1.29 is 0 Å². The molecule has 0 radical (unpaired) electrons. The molecule has 60 valence electrons. The van der Waals surface area contributed by atoms with Gasteiger partial charge in [0, 0.05) is 0 Å². The van der Waals surface area contributed by atoms with Crippen LogP contribution in [0.15, 0.2) is 23.4 Å². The third-order valence-electron chi connectivity index (χ3n) is 1.49. The zero-order valence-corrected chi connectivity index (χ0v) is 6.84. The second-order valence-corrected chi connectivity index (χ2v) is 3.36. The Morgan fingerprint density at radius 2 is 2.33 bits per heavy atom. The Bertz CT molecular complexity index is 437. The molecule has 1 aromatic heterocycles. The van der Waals surface area contributed by atoms with E-state index in [0.29, 0.717) is 10.8 Å². The SMILES string of the molecule is Nc1nc2ccc(N=O)cc2s1. The van der Waals surface area contributed by atoms with Gasteiger partial charge in [-0.15, -0.1) is 4.91 Å². The molecule has 2 rings (SSSR count). The van der Waals surface area contributed by atoms with Crippen LogP contribution in [0.3, 0.4) is 0 Å². The van der Waals surface area contributed by atoms with E-state index in [-0.39, 0.29) is 0 Å². The molecule has 0 amide bonds. The molecule has 1 aromatic carbocycles. The minimum Gasteiger partial charge on any atom is -0.375 e. The molecule has 0 saturated heterocycles. The van der Waals surface area contributed by atoms with Crippen molar-refractivity contribution in [1.82, 2.24) is 4.98 Å². The first-order valence-corrected chi connectivity index (χ1v) is 4.10. The number of hydrogen-bond acceptors (Lipinski definition) is 5. The molecule has 0 spiro atoms. The molecule has 0 aliphatic heterocycles. The predicted octanol–water partition coefficient (Wildman–Crippen LogP) is 2.28. The molecule has 12 heavy (non-hydrogen) atoms. The first-order valence-electron chi connectivity index (χ1n) is 3.29. The molecular weight excluding hydrogens is 174 g/mol. The predicted molar refractivity (Wildman–Crippen MR) is 49.5 cm³/mol. The number of nitrogen functional groups attached to an aromatic ring is 1. The highest BCUT2D eigenvalue weighted by Crippen LogP contribution is 2.27. The lowest BCUT2D eigenvalue weighted by atomic mass is 10.3. The fourth-order valence-electron chi connectivity index (χ4n) is 0.988. The van der Waals surface area contributed by atoms with E-state index < -0.39 is 0 Å². The Balaban J connectivity index is 2.74. The number of nitrogens with two attached hydrogens (primary N) is 1. The van der Waals surface area contributed by atoms with E-state index in [9.17, 15) is 4.91 Å². The van der Waals surface area contributed by atoms with Crippen molar-refractivity contribution in [3.8, 4) is 0 Å². The first kappa shape index (κ1) is 7.17. The lowest BCUT2D eigenvalue weighted by Gasteiger charge is -1.86. The molecule has 0 saturated carbocycles. The van der Waals surface area contributed by atoms with E-state index >= 15 is 0 Å². The van der Waals surface area contributed by atoms with E-state index in [1.165, 1.54) is 11.3 Å². The fraction of sp³-hybridized carbons (Fsp3) is 0. The van der Waals surface area contributed by atoms with Crippen LogP contribution in [0, 0.1) is 4.91 Å². The summed E-state index contributed by atoms with van der Waals surface area (Å²) in [6.45, 7) is 0. The summed E-state index contributed by atoms with van der Waals surface area (Å²) in [6, 6.07) is 5.03. The van der Waals surface area contributed by atoms with Gasteiger partial charge in [0.05, 0.1) is 10.2 Å². The Hall–Kier alpha value is -1.49. The van der Waals surface area contributed by atoms with Gasteiger partial charge in [-0.1, -0.05) is 11.3 Å². The molecule has 0 aliphatic carbocycles. The number of nitroso groups, excluding NO2 is 1. The molecule has 0 unspecified atom stereocenters. The van der Waals surface area contributed by atoms with Gasteiger partial charge in [-0.25, -0.2) is 4.98 Å². The molecule has 0 fully saturated rings. The third-order valence-corrected chi connectivity index (χ3v) is 2.34. The lowest BCUT2D eigenvalue weighted by molar-refractivity contribution is 1.48. The van der Waals surface area contributed by atoms with Gasteiger partial charge in [0.2, 0.25) is 0 Å². The van der Waals surface area contributed by atoms with E-state index in [1.807, 2.05) is 0 Å². The number of anilines is 1. The number of rotatable bonds is 1. The van der Waals surface area contributed by atoms with Gasteiger partial charge in [0.1, 0.15) is 5.69 Å². The molecule has 2 aromatic rings. The van der Waals surface area contributed by atoms with Gasteiger partial charge in [0.25, 0.3) is 0 Å². The normalized spacial score (nSPS) is 10.3. The molecule has 1 heterocycles. The third kappa shape index (κ3) is 1.04. The second-order valence-electron chi connectivity index (χ2n) is 2.30. The molecule has 0 atom stereocenters. The maximum absolute atomic E-state index is 10.2. The average Bonchev–Trinajstić information content (AvgIpc) is 2.43. The molecule has 4 nitrogen and oxygen atoms in total. The highest BCUT2D eigenvalue weighted by molar-refractivity contribution is 7.22. The van der Waals surface area contributed by atoms with Gasteiger partial charge in [-0.2, -0.15) is 0 Å². The number of aromatic nitrogens is 1. The van der Waals surface area contributed by atoms with Crippen LogP contribution in [0.2, 0.25) is 0 Å². The fourth-order valence-corrected chi connectivity index (χ4v) is 1.76. The van der Waals surface area contributed by atoms with E-state index in [0.717, 1.165) is 10.2 Å². The van der Waals surface area contributed by atoms with E-state index in [1.54, 1.807) is 18.2 Å². The maximum Gasteiger partial charge on any atom is 0.181 e. The van der Waals surface area contributed by atoms with Crippen molar-refractivity contribution in [2.24, 2.45) is 5.18 Å². The van der Waals surface area contributed by atoms with Gasteiger partial charge in [0.15, 0.2) is 5.13 Å². The van der Waals surface area contributed by atoms with Crippen LogP contribution < -0.4 is 5.73 Å². The number of fused-ring (bicyclic) bond motifs is 1. The zero-order valence-electron chi connectivity index (χ0n) is 6.02. The topological polar surface area (TPSA) is 68.3 Å². The number of thiazole rings is 1. The summed E-state index contributed by atoms with van der Waals surface area (Å²) in [5.41, 5.74) is 6.70. The largest absolute Gasteiger partial charge is 0.375 e. The average molecular weight is 179 g/mol. The van der Waals surface area contributed by atoms with Crippen LogP contribution in [0.5, 0.6) is 0 Å². The highest BCUT2D eigenvalue weighted by Gasteiger charge is 2.01. The molecule has 0 bridgehead atoms. The number of benzene rings is 1. The Morgan fingerprint density at radius 1 is 1.50 bits per heavy atom. The van der Waals surface area contributed by atoms with Gasteiger partial charge in [-0.3, -0.25) is 0 Å². The smallest absolute Gasteiger partial charge is 0.181 e. The molecule has 5 heteroatoms. The summed E-state index contributed by atoms with van der Waals surface area (Å²) in [5.74, 6) is 0. The summed E-state index contributed by atoms with van der Waals surface area (Å²) in [4.78, 5) is 14.2. The molecule has 0 aliphatic rings. The van der Waals surface area contributed by atoms with Gasteiger partial charge in [-0.05, 0) is 23.4 Å². The quantitative estimate of drug-likeness (QED) is 0.683. The van der Waals surface area contributed by atoms with Crippen molar-refractivity contribution in [3.05, 3.63) is 23.1 Å². The van der Waals surface area contributed by atoms with Gasteiger partial charge >= 0.3 is 0 Å². The summed E-state index contributed by atoms with van der Waals surface area (Å²) < 4.78 is 0.893. The van der Waals surface area contributed by atoms with E-state index in [2.05, 4.69) is 10.2 Å². The van der Waals surface area contributed by atoms with Crippen LogP contribution in [0.25, 0.3) is 10.2 Å². The van der Waals surface area contributed by atoms with Crippen molar-refractivity contribution in [2.75, 3.05) is 5.73 Å². The summed E-state index contributed by atoms with van der Waals surface area (Å²) in [7, 11) is 0. The number of hydrogen-bond donors (Lipinski definition) is 1. The van der Waals surface area contributed by atoms with Crippen molar-refractivity contribution in [3.63, 3.8) is 0 Å². The second kappa shape index (κ2) is 2.53. The summed E-state index contributed by atoms with van der Waals surface area (Å²) in [5, 5.41) is 3.33. The number of nitrogens with zero attached hydrogens (tertiary/aromatic N) is 2. The van der Waals surface area contributed by atoms with Crippen LogP contribution in [0.4, 0.5) is 10.8 Å². The first-order chi connectivity index (χ1) is 5.79. The van der Waals surface area contributed by atoms with Crippen LogP contribution >= 0.6 is 11.3 Å². The minimum absolute atomic E-state index is 0.408. The Kier molecular flexibility index (Phi) is 1.51. The van der Waals surface area contributed by atoms with Crippen LogP contribution in [0.1, 0.15) is 0 Å².